The van der Waals surface area contributed by atoms with Gasteiger partial charge in [0.2, 0.25) is 0 Å². The highest BCUT2D eigenvalue weighted by Gasteiger charge is 2.18. The molecule has 1 atom stereocenters. The Morgan fingerprint density at radius 1 is 1.19 bits per heavy atom. The van der Waals surface area contributed by atoms with E-state index >= 15 is 0 Å². The van der Waals surface area contributed by atoms with Gasteiger partial charge >= 0.3 is 0 Å². The lowest BCUT2D eigenvalue weighted by atomic mass is 10.00. The van der Waals surface area contributed by atoms with Crippen molar-refractivity contribution in [3.8, 4) is 22.6 Å². The molecule has 1 aliphatic heterocycles. The summed E-state index contributed by atoms with van der Waals surface area (Å²) in [7, 11) is 1.63. The Morgan fingerprint density at radius 3 is 2.71 bits per heavy atom. The first-order valence-corrected chi connectivity index (χ1v) is 11.5. The fraction of sp³-hybridized carbons (Fsp3) is 0.500. The summed E-state index contributed by atoms with van der Waals surface area (Å²) < 4.78 is 11.4. The van der Waals surface area contributed by atoms with Crippen LogP contribution in [0.5, 0.6) is 11.5 Å². The van der Waals surface area contributed by atoms with E-state index in [0.29, 0.717) is 30.2 Å². The van der Waals surface area contributed by atoms with Gasteiger partial charge in [-0.15, -0.1) is 0 Å². The standard InChI is InChI=1S/C26H36N2O3/c1-4-31-24-18-22(17-23(25(24)30-3)21-12-6-5-7-13-21)26(29)27-14-8-9-15-28-16-10-11-20(2)19-28/h5-7,12-13,17-18,20H,4,8-11,14-16,19H2,1-3H3,(H,27,29). The van der Waals surface area contributed by atoms with Gasteiger partial charge in [-0.05, 0) is 69.3 Å². The summed E-state index contributed by atoms with van der Waals surface area (Å²) >= 11 is 0. The van der Waals surface area contributed by atoms with E-state index in [2.05, 4.69) is 17.1 Å². The smallest absolute Gasteiger partial charge is 0.251 e. The minimum Gasteiger partial charge on any atom is -0.492 e. The molecule has 5 nitrogen and oxygen atoms in total. The maximum Gasteiger partial charge on any atom is 0.251 e. The third-order valence-electron chi connectivity index (χ3n) is 5.83. The lowest BCUT2D eigenvalue weighted by Gasteiger charge is -2.30. The highest BCUT2D eigenvalue weighted by atomic mass is 16.5. The number of nitrogens with zero attached hydrogens (tertiary/aromatic N) is 1. The molecule has 168 valence electrons. The van der Waals surface area contributed by atoms with E-state index in [4.69, 9.17) is 9.47 Å². The average molecular weight is 425 g/mol. The molecule has 1 aliphatic rings. The highest BCUT2D eigenvalue weighted by Crippen LogP contribution is 2.39. The number of ether oxygens (including phenoxy) is 2. The van der Waals surface area contributed by atoms with Gasteiger partial charge in [-0.2, -0.15) is 0 Å². The first-order chi connectivity index (χ1) is 15.1. The number of hydrogen-bond donors (Lipinski definition) is 1. The summed E-state index contributed by atoms with van der Waals surface area (Å²) in [5, 5.41) is 3.08. The van der Waals surface area contributed by atoms with Gasteiger partial charge in [0.15, 0.2) is 11.5 Å². The zero-order valence-corrected chi connectivity index (χ0v) is 19.2. The Morgan fingerprint density at radius 2 is 2.00 bits per heavy atom. The Balaban J connectivity index is 1.62. The van der Waals surface area contributed by atoms with Gasteiger partial charge in [-0.3, -0.25) is 4.79 Å². The minimum absolute atomic E-state index is 0.0765. The van der Waals surface area contributed by atoms with E-state index < -0.39 is 0 Å². The van der Waals surface area contributed by atoms with E-state index in [1.165, 1.54) is 25.9 Å². The van der Waals surface area contributed by atoms with Crippen molar-refractivity contribution in [3.63, 3.8) is 0 Å². The number of carbonyl (C=O) groups excluding carboxylic acids is 1. The molecular weight excluding hydrogens is 388 g/mol. The maximum atomic E-state index is 12.9. The number of piperidine rings is 1. The molecule has 0 aliphatic carbocycles. The molecule has 2 aromatic carbocycles. The summed E-state index contributed by atoms with van der Waals surface area (Å²) in [6.07, 6.45) is 4.75. The molecule has 1 N–H and O–H groups in total. The van der Waals surface area contributed by atoms with Crippen molar-refractivity contribution in [2.24, 2.45) is 5.92 Å². The molecule has 0 spiro atoms. The lowest BCUT2D eigenvalue weighted by Crippen LogP contribution is -2.35. The van der Waals surface area contributed by atoms with Gasteiger partial charge in [-0.1, -0.05) is 37.3 Å². The van der Waals surface area contributed by atoms with Crippen LogP contribution in [0.25, 0.3) is 11.1 Å². The van der Waals surface area contributed by atoms with Crippen LogP contribution in [0, 0.1) is 5.92 Å². The molecule has 0 aromatic heterocycles. The van der Waals surface area contributed by atoms with Crippen molar-refractivity contribution in [3.05, 3.63) is 48.0 Å². The number of likely N-dealkylation sites (tertiary alicyclic amines) is 1. The maximum absolute atomic E-state index is 12.9. The van der Waals surface area contributed by atoms with E-state index in [1.807, 2.05) is 43.3 Å². The number of unbranched alkanes of at least 4 members (excludes halogenated alkanes) is 1. The average Bonchev–Trinajstić information content (AvgIpc) is 2.79. The molecule has 3 rings (SSSR count). The monoisotopic (exact) mass is 424 g/mol. The SMILES string of the molecule is CCOc1cc(C(=O)NCCCCN2CCCC(C)C2)cc(-c2ccccc2)c1OC. The van der Waals surface area contributed by atoms with E-state index in [-0.39, 0.29) is 5.91 Å². The second kappa shape index (κ2) is 11.8. The fourth-order valence-electron chi connectivity index (χ4n) is 4.29. The van der Waals surface area contributed by atoms with E-state index in [9.17, 15) is 4.79 Å². The van der Waals surface area contributed by atoms with Gasteiger partial charge < -0.3 is 19.7 Å². The van der Waals surface area contributed by atoms with Crippen LogP contribution in [0.15, 0.2) is 42.5 Å². The van der Waals surface area contributed by atoms with Crippen LogP contribution in [-0.2, 0) is 0 Å². The highest BCUT2D eigenvalue weighted by molar-refractivity contribution is 5.97. The second-order valence-electron chi connectivity index (χ2n) is 8.37. The van der Waals surface area contributed by atoms with Crippen molar-refractivity contribution < 1.29 is 14.3 Å². The number of hydrogen-bond acceptors (Lipinski definition) is 4. The number of rotatable bonds is 10. The Bertz CT molecular complexity index is 838. The second-order valence-corrected chi connectivity index (χ2v) is 8.37. The van der Waals surface area contributed by atoms with Gasteiger partial charge in [0, 0.05) is 24.2 Å². The molecule has 0 radical (unpaired) electrons. The molecule has 5 heteroatoms. The molecule has 1 heterocycles. The summed E-state index contributed by atoms with van der Waals surface area (Å²) in [6, 6.07) is 13.6. The molecule has 0 bridgehead atoms. The summed E-state index contributed by atoms with van der Waals surface area (Å²) in [4.78, 5) is 15.4. The van der Waals surface area contributed by atoms with Gasteiger partial charge in [0.1, 0.15) is 0 Å². The largest absolute Gasteiger partial charge is 0.492 e. The van der Waals surface area contributed by atoms with Crippen LogP contribution >= 0.6 is 0 Å². The molecule has 1 saturated heterocycles. The summed E-state index contributed by atoms with van der Waals surface area (Å²) in [5.74, 6) is 1.98. The van der Waals surface area contributed by atoms with Crippen LogP contribution in [0.4, 0.5) is 0 Å². The molecular formula is C26H36N2O3. The van der Waals surface area contributed by atoms with Gasteiger partial charge in [-0.25, -0.2) is 0 Å². The first kappa shape index (κ1) is 23.1. The molecule has 0 saturated carbocycles. The van der Waals surface area contributed by atoms with Crippen LogP contribution in [0.3, 0.4) is 0 Å². The van der Waals surface area contributed by atoms with Crippen molar-refractivity contribution in [1.82, 2.24) is 10.2 Å². The number of amides is 1. The molecule has 1 amide bonds. The zero-order chi connectivity index (χ0) is 22.1. The minimum atomic E-state index is -0.0765. The Kier molecular flexibility index (Phi) is 8.77. The molecule has 2 aromatic rings. The third kappa shape index (κ3) is 6.47. The molecule has 31 heavy (non-hydrogen) atoms. The first-order valence-electron chi connectivity index (χ1n) is 11.5. The quantitative estimate of drug-likeness (QED) is 0.545. The van der Waals surface area contributed by atoms with Crippen molar-refractivity contribution in [2.75, 3.05) is 39.9 Å². The number of benzene rings is 2. The van der Waals surface area contributed by atoms with Crippen LogP contribution in [-0.4, -0.2) is 50.7 Å². The third-order valence-corrected chi connectivity index (χ3v) is 5.83. The normalized spacial score (nSPS) is 16.7. The predicted octanol–water partition coefficient (Wildman–Crippen LogP) is 5.00. The van der Waals surface area contributed by atoms with Crippen LogP contribution < -0.4 is 14.8 Å². The lowest BCUT2D eigenvalue weighted by molar-refractivity contribution is 0.0951. The summed E-state index contributed by atoms with van der Waals surface area (Å²) in [5.41, 5.74) is 2.44. The number of methoxy groups -OCH3 is 1. The predicted molar refractivity (Wildman–Crippen MR) is 126 cm³/mol. The van der Waals surface area contributed by atoms with Gasteiger partial charge in [0.05, 0.1) is 13.7 Å². The zero-order valence-electron chi connectivity index (χ0n) is 19.2. The van der Waals surface area contributed by atoms with Crippen molar-refractivity contribution in [2.45, 2.75) is 39.5 Å². The molecule has 1 unspecified atom stereocenters. The number of nitrogens with one attached hydrogen (secondary N) is 1. The van der Waals surface area contributed by atoms with E-state index in [1.54, 1.807) is 13.2 Å². The Labute approximate surface area is 186 Å². The van der Waals surface area contributed by atoms with Crippen molar-refractivity contribution in [1.29, 1.82) is 0 Å². The van der Waals surface area contributed by atoms with Crippen LogP contribution in [0.1, 0.15) is 49.9 Å². The van der Waals surface area contributed by atoms with Gasteiger partial charge in [0.25, 0.3) is 5.91 Å². The van der Waals surface area contributed by atoms with Crippen molar-refractivity contribution >= 4 is 5.91 Å². The fourth-order valence-corrected chi connectivity index (χ4v) is 4.29. The Hall–Kier alpha value is -2.53. The number of carbonyl (C=O) groups is 1. The molecule has 1 fully saturated rings. The topological polar surface area (TPSA) is 50.8 Å². The van der Waals surface area contributed by atoms with Crippen LogP contribution in [0.2, 0.25) is 0 Å². The van der Waals surface area contributed by atoms with E-state index in [0.717, 1.165) is 36.4 Å². The summed E-state index contributed by atoms with van der Waals surface area (Å²) in [6.45, 7) is 8.99.